The molecule has 0 aliphatic carbocycles. The summed E-state index contributed by atoms with van der Waals surface area (Å²) in [6.45, 7) is 4.48. The van der Waals surface area contributed by atoms with Gasteiger partial charge in [-0.1, -0.05) is 0 Å². The lowest BCUT2D eigenvalue weighted by Crippen LogP contribution is -2.07. The van der Waals surface area contributed by atoms with Crippen LogP contribution in [-0.4, -0.2) is 23.8 Å². The molecule has 0 saturated carbocycles. The predicted octanol–water partition coefficient (Wildman–Crippen LogP) is 3.37. The second kappa shape index (κ2) is 6.83. The molecule has 5 nitrogen and oxygen atoms in total. The topological polar surface area (TPSA) is 63.6 Å². The lowest BCUT2D eigenvalue weighted by molar-refractivity contribution is 0.327. The third-order valence-corrected chi connectivity index (χ3v) is 3.12. The number of ether oxygens (including phenoxy) is 2. The summed E-state index contributed by atoms with van der Waals surface area (Å²) in [6, 6.07) is 8.92. The van der Waals surface area contributed by atoms with Crippen molar-refractivity contribution in [1.29, 1.82) is 0 Å². The fourth-order valence-corrected chi connectivity index (χ4v) is 2.04. The third kappa shape index (κ3) is 3.78. The van der Waals surface area contributed by atoms with Crippen molar-refractivity contribution in [3.05, 3.63) is 42.1 Å². The van der Waals surface area contributed by atoms with E-state index in [9.17, 15) is 5.11 Å². The highest BCUT2D eigenvalue weighted by atomic mass is 16.5. The number of methoxy groups -OCH3 is 1. The molecule has 0 radical (unpaired) electrons. The first-order valence-electron chi connectivity index (χ1n) is 6.86. The Labute approximate surface area is 124 Å². The second-order valence-corrected chi connectivity index (χ2v) is 4.61. The Kier molecular flexibility index (Phi) is 4.87. The van der Waals surface area contributed by atoms with Crippen LogP contribution in [0.1, 0.15) is 25.5 Å². The smallest absolute Gasteiger partial charge is 0.213 e. The molecule has 0 amide bonds. The van der Waals surface area contributed by atoms with Crippen LogP contribution < -0.4 is 14.8 Å². The van der Waals surface area contributed by atoms with E-state index in [1.165, 1.54) is 0 Å². The molecule has 5 heteroatoms. The van der Waals surface area contributed by atoms with Crippen molar-refractivity contribution in [2.75, 3.05) is 19.0 Å². The van der Waals surface area contributed by atoms with Crippen LogP contribution in [0.25, 0.3) is 0 Å². The van der Waals surface area contributed by atoms with E-state index in [4.69, 9.17) is 9.47 Å². The molecule has 2 rings (SSSR count). The highest BCUT2D eigenvalue weighted by Crippen LogP contribution is 2.30. The molecular weight excluding hydrogens is 268 g/mol. The Morgan fingerprint density at radius 3 is 2.67 bits per heavy atom. The van der Waals surface area contributed by atoms with Gasteiger partial charge >= 0.3 is 0 Å². The van der Waals surface area contributed by atoms with Crippen LogP contribution in [0, 0.1) is 0 Å². The van der Waals surface area contributed by atoms with E-state index < -0.39 is 0 Å². The lowest BCUT2D eigenvalue weighted by atomic mass is 10.1. The van der Waals surface area contributed by atoms with E-state index in [1.807, 2.05) is 38.1 Å². The average Bonchev–Trinajstić information content (AvgIpc) is 2.49. The van der Waals surface area contributed by atoms with Gasteiger partial charge in [-0.25, -0.2) is 4.98 Å². The van der Waals surface area contributed by atoms with E-state index in [0.29, 0.717) is 18.2 Å². The number of hydrogen-bond donors (Lipinski definition) is 2. The number of nitrogens with zero attached hydrogens (tertiary/aromatic N) is 1. The second-order valence-electron chi connectivity index (χ2n) is 4.61. The van der Waals surface area contributed by atoms with E-state index >= 15 is 0 Å². The first-order valence-corrected chi connectivity index (χ1v) is 6.86. The van der Waals surface area contributed by atoms with Crippen molar-refractivity contribution in [1.82, 2.24) is 4.98 Å². The van der Waals surface area contributed by atoms with Gasteiger partial charge < -0.3 is 19.9 Å². The zero-order valence-corrected chi connectivity index (χ0v) is 12.5. The summed E-state index contributed by atoms with van der Waals surface area (Å²) in [5.41, 5.74) is 1.66. The van der Waals surface area contributed by atoms with Gasteiger partial charge in [0.2, 0.25) is 5.88 Å². The quantitative estimate of drug-likeness (QED) is 0.853. The van der Waals surface area contributed by atoms with Gasteiger partial charge in [0.25, 0.3) is 0 Å². The van der Waals surface area contributed by atoms with E-state index in [2.05, 4.69) is 10.3 Å². The number of phenolic OH excluding ortho intramolecular Hbond substituents is 1. The summed E-state index contributed by atoms with van der Waals surface area (Å²) in [5.74, 6) is 1.43. The SMILES string of the molecule is CCOc1ccc(NC(C)c2ccc(OC)cc2O)cn1. The van der Waals surface area contributed by atoms with Gasteiger partial charge in [0.05, 0.1) is 31.6 Å². The first-order chi connectivity index (χ1) is 10.1. The van der Waals surface area contributed by atoms with Crippen molar-refractivity contribution in [3.8, 4) is 17.4 Å². The molecule has 0 spiro atoms. The molecule has 0 aliphatic rings. The van der Waals surface area contributed by atoms with E-state index in [-0.39, 0.29) is 11.8 Å². The number of benzene rings is 1. The summed E-state index contributed by atoms with van der Waals surface area (Å²) in [6.07, 6.45) is 1.71. The third-order valence-electron chi connectivity index (χ3n) is 3.12. The largest absolute Gasteiger partial charge is 0.507 e. The maximum Gasteiger partial charge on any atom is 0.213 e. The standard InChI is InChI=1S/C16H20N2O3/c1-4-21-16-8-5-12(10-17-16)18-11(2)14-7-6-13(20-3)9-15(14)19/h5-11,18-19H,4H2,1-3H3. The minimum Gasteiger partial charge on any atom is -0.507 e. The van der Waals surface area contributed by atoms with Gasteiger partial charge in [0, 0.05) is 17.7 Å². The molecular formula is C16H20N2O3. The Bertz CT molecular complexity index is 585. The number of aromatic nitrogens is 1. The van der Waals surface area contributed by atoms with Crippen LogP contribution in [0.15, 0.2) is 36.5 Å². The fraction of sp³-hybridized carbons (Fsp3) is 0.312. The average molecular weight is 288 g/mol. The van der Waals surface area contributed by atoms with Crippen molar-refractivity contribution >= 4 is 5.69 Å². The molecule has 0 bridgehead atoms. The fourth-order valence-electron chi connectivity index (χ4n) is 2.04. The molecule has 21 heavy (non-hydrogen) atoms. The molecule has 112 valence electrons. The van der Waals surface area contributed by atoms with Crippen LogP contribution in [-0.2, 0) is 0 Å². The Hall–Kier alpha value is -2.43. The van der Waals surface area contributed by atoms with Gasteiger partial charge in [-0.05, 0) is 32.0 Å². The van der Waals surface area contributed by atoms with Gasteiger partial charge in [-0.2, -0.15) is 0 Å². The van der Waals surface area contributed by atoms with Crippen LogP contribution >= 0.6 is 0 Å². The normalized spacial score (nSPS) is 11.8. The molecule has 0 fully saturated rings. The van der Waals surface area contributed by atoms with Gasteiger partial charge in [0.15, 0.2) is 0 Å². The number of pyridine rings is 1. The van der Waals surface area contributed by atoms with Crippen LogP contribution in [0.3, 0.4) is 0 Å². The van der Waals surface area contributed by atoms with Crippen molar-refractivity contribution in [2.24, 2.45) is 0 Å². The molecule has 2 aromatic rings. The molecule has 1 aromatic carbocycles. The van der Waals surface area contributed by atoms with E-state index in [1.54, 1.807) is 19.4 Å². The molecule has 0 aliphatic heterocycles. The molecule has 0 saturated heterocycles. The summed E-state index contributed by atoms with van der Waals surface area (Å²) in [4.78, 5) is 4.20. The summed E-state index contributed by atoms with van der Waals surface area (Å²) in [7, 11) is 1.57. The molecule has 1 heterocycles. The van der Waals surface area contributed by atoms with E-state index in [0.717, 1.165) is 11.3 Å². The number of aromatic hydroxyl groups is 1. The summed E-state index contributed by atoms with van der Waals surface area (Å²) >= 11 is 0. The molecule has 1 atom stereocenters. The maximum atomic E-state index is 10.0. The zero-order chi connectivity index (χ0) is 15.2. The van der Waals surface area contributed by atoms with Crippen LogP contribution in [0.5, 0.6) is 17.4 Å². The zero-order valence-electron chi connectivity index (χ0n) is 12.5. The van der Waals surface area contributed by atoms with Crippen molar-refractivity contribution < 1.29 is 14.6 Å². The summed E-state index contributed by atoms with van der Waals surface area (Å²) in [5, 5.41) is 13.3. The van der Waals surface area contributed by atoms with Gasteiger partial charge in [0.1, 0.15) is 11.5 Å². The lowest BCUT2D eigenvalue weighted by Gasteiger charge is -2.17. The highest BCUT2D eigenvalue weighted by Gasteiger charge is 2.11. The van der Waals surface area contributed by atoms with Gasteiger partial charge in [-0.15, -0.1) is 0 Å². The maximum absolute atomic E-state index is 10.0. The number of anilines is 1. The summed E-state index contributed by atoms with van der Waals surface area (Å²) < 4.78 is 10.4. The first kappa shape index (κ1) is 15.0. The molecule has 2 N–H and O–H groups in total. The Morgan fingerprint density at radius 2 is 2.10 bits per heavy atom. The van der Waals surface area contributed by atoms with Crippen LogP contribution in [0.2, 0.25) is 0 Å². The molecule has 1 aromatic heterocycles. The molecule has 1 unspecified atom stereocenters. The predicted molar refractivity (Wildman–Crippen MR) is 82.1 cm³/mol. The van der Waals surface area contributed by atoms with Gasteiger partial charge in [-0.3, -0.25) is 0 Å². The minimum absolute atomic E-state index is 0.0596. The number of rotatable bonds is 6. The van der Waals surface area contributed by atoms with Crippen molar-refractivity contribution in [3.63, 3.8) is 0 Å². The number of nitrogens with one attached hydrogen (secondary N) is 1. The van der Waals surface area contributed by atoms with Crippen LogP contribution in [0.4, 0.5) is 5.69 Å². The minimum atomic E-state index is -0.0596. The highest BCUT2D eigenvalue weighted by molar-refractivity contribution is 5.48. The monoisotopic (exact) mass is 288 g/mol. The number of phenols is 1. The van der Waals surface area contributed by atoms with Crippen molar-refractivity contribution in [2.45, 2.75) is 19.9 Å². The number of hydrogen-bond acceptors (Lipinski definition) is 5. The Morgan fingerprint density at radius 1 is 1.29 bits per heavy atom. The Balaban J connectivity index is 2.08.